The predicted octanol–water partition coefficient (Wildman–Crippen LogP) is -0.277. The van der Waals surface area contributed by atoms with Crippen molar-refractivity contribution in [3.05, 3.63) is 50.3 Å². The Kier molecular flexibility index (Phi) is 3.71. The van der Waals surface area contributed by atoms with Gasteiger partial charge in [-0.2, -0.15) is 10.3 Å². The van der Waals surface area contributed by atoms with E-state index in [0.29, 0.717) is 25.3 Å². The zero-order chi connectivity index (χ0) is 18.7. The first-order valence-electron chi connectivity index (χ1n) is 9.35. The van der Waals surface area contributed by atoms with Gasteiger partial charge in [-0.05, 0) is 37.7 Å². The molecule has 9 nitrogen and oxygen atoms in total. The molecule has 2 aromatic heterocycles. The highest BCUT2D eigenvalue weighted by atomic mass is 16.8. The topological polar surface area (TPSA) is 119 Å². The quantitative estimate of drug-likeness (QED) is 0.628. The number of hydrogen-bond acceptors (Lipinski definition) is 5. The molecule has 9 heteroatoms. The Morgan fingerprint density at radius 1 is 1.30 bits per heavy atom. The van der Waals surface area contributed by atoms with Crippen molar-refractivity contribution in [3.8, 4) is 0 Å². The monoisotopic (exact) mass is 371 g/mol. The van der Waals surface area contributed by atoms with Gasteiger partial charge >= 0.3 is 5.56 Å². The molecular formula is C18H21N5O4. The lowest BCUT2D eigenvalue weighted by atomic mass is 9.83. The minimum Gasteiger partial charge on any atom is -0.595 e. The lowest BCUT2D eigenvalue weighted by molar-refractivity contribution is -0.992. The number of nitrogens with one attached hydrogen (secondary N) is 2. The standard InChI is InChI=1S/C18H21N5O4/c24-17-15(23(26)27)5-4-14-11-6-10(8-22(14)17)7-21(9-11)18(25)16-12-2-1-3-13(12)19-20-16/h4-5,10-11,23,26H,1-3,6-9H2,(H,19,20). The third-order valence-electron chi connectivity index (χ3n) is 6.13. The van der Waals surface area contributed by atoms with Crippen LogP contribution in [0.25, 0.3) is 0 Å². The number of aryl methyl sites for hydroxylation is 1. The highest BCUT2D eigenvalue weighted by molar-refractivity contribution is 5.94. The Balaban J connectivity index is 1.45. The molecule has 1 saturated heterocycles. The predicted molar refractivity (Wildman–Crippen MR) is 93.8 cm³/mol. The molecule has 2 aromatic rings. The van der Waals surface area contributed by atoms with Gasteiger partial charge in [0.1, 0.15) is 0 Å². The number of aromatic nitrogens is 3. The fourth-order valence-corrected chi connectivity index (χ4v) is 4.92. The third-order valence-corrected chi connectivity index (χ3v) is 6.13. The second-order valence-corrected chi connectivity index (χ2v) is 7.78. The van der Waals surface area contributed by atoms with Crippen LogP contribution in [-0.2, 0) is 19.4 Å². The number of carbonyl (C=O) groups is 1. The molecule has 1 aliphatic carbocycles. The summed E-state index contributed by atoms with van der Waals surface area (Å²) in [5, 5.41) is 26.5. The lowest BCUT2D eigenvalue weighted by Crippen LogP contribution is -3.00. The Morgan fingerprint density at radius 2 is 2.15 bits per heavy atom. The number of aromatic amines is 1. The number of H-pyrrole nitrogens is 1. The number of piperidine rings is 1. The molecule has 1 fully saturated rings. The molecule has 3 N–H and O–H groups in total. The van der Waals surface area contributed by atoms with Crippen molar-refractivity contribution in [1.82, 2.24) is 19.7 Å². The normalized spacial score (nSPS) is 24.4. The van der Waals surface area contributed by atoms with Crippen molar-refractivity contribution in [3.63, 3.8) is 0 Å². The maximum absolute atomic E-state index is 13.1. The van der Waals surface area contributed by atoms with Gasteiger partial charge in [-0.3, -0.25) is 14.7 Å². The summed E-state index contributed by atoms with van der Waals surface area (Å²) in [5.41, 5.74) is 2.86. The fraction of sp³-hybridized carbons (Fsp3) is 0.500. The van der Waals surface area contributed by atoms with Crippen molar-refractivity contribution in [2.75, 3.05) is 13.1 Å². The minimum atomic E-state index is -1.20. The van der Waals surface area contributed by atoms with Crippen LogP contribution in [-0.4, -0.2) is 43.9 Å². The van der Waals surface area contributed by atoms with E-state index in [2.05, 4.69) is 10.2 Å². The summed E-state index contributed by atoms with van der Waals surface area (Å²) in [4.78, 5) is 27.4. The van der Waals surface area contributed by atoms with Gasteiger partial charge in [0.15, 0.2) is 5.69 Å². The van der Waals surface area contributed by atoms with E-state index in [0.717, 1.165) is 42.6 Å². The second kappa shape index (κ2) is 6.01. The number of carbonyl (C=O) groups excluding carboxylic acids is 1. The Labute approximate surface area is 154 Å². The summed E-state index contributed by atoms with van der Waals surface area (Å²) in [6.07, 6.45) is 3.80. The van der Waals surface area contributed by atoms with E-state index in [1.165, 1.54) is 6.07 Å². The molecule has 4 heterocycles. The molecule has 3 aliphatic rings. The van der Waals surface area contributed by atoms with Crippen LogP contribution in [0.15, 0.2) is 16.9 Å². The van der Waals surface area contributed by atoms with E-state index < -0.39 is 10.8 Å². The molecular weight excluding hydrogens is 350 g/mol. The van der Waals surface area contributed by atoms with Crippen LogP contribution in [0, 0.1) is 11.1 Å². The molecule has 27 heavy (non-hydrogen) atoms. The molecule has 142 valence electrons. The molecule has 2 aliphatic heterocycles. The van der Waals surface area contributed by atoms with Gasteiger partial charge < -0.3 is 14.7 Å². The molecule has 3 atom stereocenters. The largest absolute Gasteiger partial charge is 0.595 e. The summed E-state index contributed by atoms with van der Waals surface area (Å²) in [7, 11) is 0. The maximum atomic E-state index is 13.1. The molecule has 0 aromatic carbocycles. The highest BCUT2D eigenvalue weighted by Gasteiger charge is 2.38. The van der Waals surface area contributed by atoms with E-state index in [1.807, 2.05) is 4.90 Å². The SMILES string of the molecule is O=C(c1n[nH]c2c1CCC2)N1CC2CC(C1)c1ccc([NH+]([O-])O)c(=O)n1C2. The number of fused-ring (bicyclic) bond motifs is 5. The minimum absolute atomic E-state index is 0.0398. The number of rotatable bonds is 2. The van der Waals surface area contributed by atoms with Crippen LogP contribution < -0.4 is 10.8 Å². The van der Waals surface area contributed by atoms with Crippen LogP contribution in [0.4, 0.5) is 5.69 Å². The average Bonchev–Trinajstić information content (AvgIpc) is 3.25. The van der Waals surface area contributed by atoms with Crippen LogP contribution in [0.3, 0.4) is 0 Å². The second-order valence-electron chi connectivity index (χ2n) is 7.78. The van der Waals surface area contributed by atoms with E-state index in [4.69, 9.17) is 0 Å². The third kappa shape index (κ3) is 2.53. The summed E-state index contributed by atoms with van der Waals surface area (Å²) in [5.74, 6) is 0.153. The number of quaternary nitrogens is 1. The van der Waals surface area contributed by atoms with Crippen molar-refractivity contribution >= 4 is 11.6 Å². The van der Waals surface area contributed by atoms with Crippen molar-refractivity contribution < 1.29 is 15.2 Å². The Morgan fingerprint density at radius 3 is 2.96 bits per heavy atom. The van der Waals surface area contributed by atoms with E-state index in [1.54, 1.807) is 10.6 Å². The van der Waals surface area contributed by atoms with Crippen LogP contribution in [0.1, 0.15) is 46.2 Å². The Bertz CT molecular complexity index is 979. The van der Waals surface area contributed by atoms with Crippen molar-refractivity contribution in [2.45, 2.75) is 38.1 Å². The van der Waals surface area contributed by atoms with Gasteiger partial charge in [0, 0.05) is 48.6 Å². The molecule has 0 saturated carbocycles. The molecule has 0 radical (unpaired) electrons. The molecule has 0 spiro atoms. The molecule has 2 bridgehead atoms. The van der Waals surface area contributed by atoms with Gasteiger partial charge in [0.2, 0.25) is 5.69 Å². The van der Waals surface area contributed by atoms with Crippen LogP contribution >= 0.6 is 0 Å². The van der Waals surface area contributed by atoms with Gasteiger partial charge in [-0.1, -0.05) is 0 Å². The summed E-state index contributed by atoms with van der Waals surface area (Å²) in [6, 6.07) is 3.12. The lowest BCUT2D eigenvalue weighted by Gasteiger charge is -2.42. The number of nitrogens with zero attached hydrogens (tertiary/aromatic N) is 3. The smallest absolute Gasteiger partial charge is 0.315 e. The first-order valence-corrected chi connectivity index (χ1v) is 9.35. The van der Waals surface area contributed by atoms with Crippen LogP contribution in [0.5, 0.6) is 0 Å². The molecule has 5 rings (SSSR count). The first-order chi connectivity index (χ1) is 13.0. The number of hydrogen-bond donors (Lipinski definition) is 3. The van der Waals surface area contributed by atoms with Gasteiger partial charge in [0.25, 0.3) is 5.91 Å². The zero-order valence-electron chi connectivity index (χ0n) is 14.8. The summed E-state index contributed by atoms with van der Waals surface area (Å²) >= 11 is 0. The molecule has 3 unspecified atom stereocenters. The van der Waals surface area contributed by atoms with Gasteiger partial charge in [0.05, 0.1) is 0 Å². The maximum Gasteiger partial charge on any atom is 0.315 e. The highest BCUT2D eigenvalue weighted by Crippen LogP contribution is 2.36. The van der Waals surface area contributed by atoms with Crippen molar-refractivity contribution in [2.24, 2.45) is 5.92 Å². The summed E-state index contributed by atoms with van der Waals surface area (Å²) < 4.78 is 1.59. The Hall–Kier alpha value is -2.49. The van der Waals surface area contributed by atoms with Gasteiger partial charge in [-0.15, -0.1) is 0 Å². The summed E-state index contributed by atoms with van der Waals surface area (Å²) in [6.45, 7) is 1.55. The van der Waals surface area contributed by atoms with Gasteiger partial charge in [-0.25, -0.2) is 5.21 Å². The van der Waals surface area contributed by atoms with Crippen LogP contribution in [0.2, 0.25) is 0 Å². The van der Waals surface area contributed by atoms with Crippen molar-refractivity contribution in [1.29, 1.82) is 0 Å². The zero-order valence-corrected chi connectivity index (χ0v) is 14.8. The van der Waals surface area contributed by atoms with E-state index in [9.17, 15) is 20.0 Å². The number of amides is 1. The number of likely N-dealkylation sites (tertiary alicyclic amines) is 1. The first kappa shape index (κ1) is 16.7. The molecule has 1 amide bonds. The average molecular weight is 371 g/mol. The number of pyridine rings is 1. The van der Waals surface area contributed by atoms with E-state index >= 15 is 0 Å². The van der Waals surface area contributed by atoms with E-state index in [-0.39, 0.29) is 23.4 Å². The fourth-order valence-electron chi connectivity index (χ4n) is 4.92.